The summed E-state index contributed by atoms with van der Waals surface area (Å²) in [5.74, 6) is -1.76. The first-order valence-electron chi connectivity index (χ1n) is 8.23. The van der Waals surface area contributed by atoms with Gasteiger partial charge in [0, 0.05) is 11.2 Å². The van der Waals surface area contributed by atoms with Crippen LogP contribution >= 0.6 is 11.6 Å². The Morgan fingerprint density at radius 3 is 2.10 bits per heavy atom. The fraction of sp³-hybridized carbons (Fsp3) is 0.211. The second-order valence-corrected chi connectivity index (χ2v) is 5.48. The van der Waals surface area contributed by atoms with E-state index in [2.05, 4.69) is 10.6 Å². The van der Waals surface area contributed by atoms with Gasteiger partial charge in [0.25, 0.3) is 0 Å². The fourth-order valence-electron chi connectivity index (χ4n) is 1.93. The topological polar surface area (TPSA) is 148 Å². The Morgan fingerprint density at radius 2 is 1.62 bits per heavy atom. The van der Waals surface area contributed by atoms with E-state index in [-0.39, 0.29) is 30.2 Å². The van der Waals surface area contributed by atoms with E-state index in [9.17, 15) is 14.9 Å². The number of carbonyl (C=O) groups is 2. The van der Waals surface area contributed by atoms with E-state index in [1.165, 1.54) is 18.2 Å². The lowest BCUT2D eigenvalue weighted by Crippen LogP contribution is -2.19. The number of nitrogens with zero attached hydrogens (tertiary/aromatic N) is 3. The van der Waals surface area contributed by atoms with Crippen molar-refractivity contribution in [2.75, 3.05) is 23.8 Å². The van der Waals surface area contributed by atoms with Crippen LogP contribution in [0.25, 0.3) is 0 Å². The summed E-state index contributed by atoms with van der Waals surface area (Å²) in [5, 5.41) is 32.8. The van der Waals surface area contributed by atoms with Gasteiger partial charge in [-0.3, -0.25) is 0 Å². The zero-order chi connectivity index (χ0) is 21.8. The minimum absolute atomic E-state index is 0.0603. The predicted molar refractivity (Wildman–Crippen MR) is 104 cm³/mol. The summed E-state index contributed by atoms with van der Waals surface area (Å²) in [6.07, 6.45) is 1.09. The van der Waals surface area contributed by atoms with Crippen LogP contribution < -0.4 is 10.6 Å². The second kappa shape index (κ2) is 11.7. The van der Waals surface area contributed by atoms with Crippen LogP contribution in [0.4, 0.5) is 11.4 Å². The number of esters is 2. The molecule has 0 atom stereocenters. The second-order valence-electron chi connectivity index (χ2n) is 5.04. The van der Waals surface area contributed by atoms with Gasteiger partial charge in [0.05, 0.1) is 24.6 Å². The van der Waals surface area contributed by atoms with Gasteiger partial charge in [0.2, 0.25) is 0 Å². The van der Waals surface area contributed by atoms with Gasteiger partial charge >= 0.3 is 11.9 Å². The van der Waals surface area contributed by atoms with Crippen LogP contribution in [0.15, 0.2) is 41.2 Å². The average Bonchev–Trinajstić information content (AvgIpc) is 2.70. The largest absolute Gasteiger partial charge is 0.462 e. The molecule has 0 amide bonds. The van der Waals surface area contributed by atoms with Gasteiger partial charge < -0.3 is 20.1 Å². The summed E-state index contributed by atoms with van der Waals surface area (Å²) in [4.78, 5) is 24.0. The maximum Gasteiger partial charge on any atom is 0.347 e. The minimum atomic E-state index is -0.879. The van der Waals surface area contributed by atoms with Crippen LogP contribution in [0, 0.1) is 34.0 Å². The molecule has 0 radical (unpaired) electrons. The third-order valence-electron chi connectivity index (χ3n) is 3.19. The minimum Gasteiger partial charge on any atom is -0.462 e. The van der Waals surface area contributed by atoms with E-state index < -0.39 is 17.5 Å². The molecule has 29 heavy (non-hydrogen) atoms. The molecule has 0 saturated carbocycles. The van der Waals surface area contributed by atoms with Gasteiger partial charge in [0.1, 0.15) is 23.9 Å². The Hall–Kier alpha value is -4.00. The molecule has 0 unspecified atom stereocenters. The molecule has 9 nitrogen and oxygen atoms in total. The molecule has 0 bridgehead atoms. The van der Waals surface area contributed by atoms with Crippen LogP contribution in [-0.2, 0) is 19.1 Å². The van der Waals surface area contributed by atoms with E-state index in [0.717, 1.165) is 6.20 Å². The lowest BCUT2D eigenvalue weighted by atomic mass is 10.2. The summed E-state index contributed by atoms with van der Waals surface area (Å²) in [6.45, 7) is 3.30. The molecule has 0 aliphatic heterocycles. The molecule has 1 rings (SSSR count). The molecule has 0 aromatic heterocycles. The molecule has 10 heteroatoms. The molecular formula is C19H16ClN5O4. The van der Waals surface area contributed by atoms with E-state index in [0.29, 0.717) is 10.7 Å². The zero-order valence-electron chi connectivity index (χ0n) is 15.6. The maximum absolute atomic E-state index is 12.0. The molecule has 1 aromatic carbocycles. The number of anilines is 2. The van der Waals surface area contributed by atoms with Crippen molar-refractivity contribution in [3.05, 3.63) is 46.3 Å². The van der Waals surface area contributed by atoms with Crippen molar-refractivity contribution in [2.45, 2.75) is 13.8 Å². The van der Waals surface area contributed by atoms with E-state index in [1.54, 1.807) is 32.1 Å². The van der Waals surface area contributed by atoms with Crippen molar-refractivity contribution in [3.8, 4) is 18.2 Å². The van der Waals surface area contributed by atoms with Crippen molar-refractivity contribution < 1.29 is 19.1 Å². The number of nitriles is 3. The van der Waals surface area contributed by atoms with E-state index in [1.807, 2.05) is 0 Å². The van der Waals surface area contributed by atoms with Gasteiger partial charge in [0.15, 0.2) is 11.1 Å². The first-order chi connectivity index (χ1) is 13.9. The number of rotatable bonds is 8. The lowest BCUT2D eigenvalue weighted by molar-refractivity contribution is -0.146. The van der Waals surface area contributed by atoms with Gasteiger partial charge in [-0.1, -0.05) is 11.6 Å². The van der Waals surface area contributed by atoms with Gasteiger partial charge in [-0.2, -0.15) is 15.8 Å². The number of carbonyl (C=O) groups excluding carboxylic acids is 2. The van der Waals surface area contributed by atoms with Crippen LogP contribution in [0.1, 0.15) is 13.8 Å². The van der Waals surface area contributed by atoms with Crippen molar-refractivity contribution in [1.82, 2.24) is 0 Å². The first-order valence-corrected chi connectivity index (χ1v) is 8.61. The Kier molecular flexibility index (Phi) is 9.26. The molecule has 0 spiro atoms. The molecular weight excluding hydrogens is 398 g/mol. The number of ether oxygens (including phenoxy) is 2. The molecule has 0 aliphatic carbocycles. The van der Waals surface area contributed by atoms with Gasteiger partial charge in [-0.05, 0) is 32.0 Å². The van der Waals surface area contributed by atoms with Crippen LogP contribution in [0.5, 0.6) is 0 Å². The third kappa shape index (κ3) is 6.59. The Bertz CT molecular complexity index is 944. The highest BCUT2D eigenvalue weighted by Gasteiger charge is 2.21. The lowest BCUT2D eigenvalue weighted by Gasteiger charge is -2.13. The number of nitrogens with one attached hydrogen (secondary N) is 2. The molecule has 0 saturated heterocycles. The monoisotopic (exact) mass is 413 g/mol. The fourth-order valence-corrected chi connectivity index (χ4v) is 2.10. The zero-order valence-corrected chi connectivity index (χ0v) is 16.3. The summed E-state index contributed by atoms with van der Waals surface area (Å²) in [7, 11) is 0. The van der Waals surface area contributed by atoms with Gasteiger partial charge in [-0.15, -0.1) is 0 Å². The molecule has 0 aliphatic rings. The SMILES string of the molecule is CCOC(=O)C(=CNc1ccc(Cl)cc1NC(C#N)=C(C#N)C#N)C(=O)OCC. The summed E-state index contributed by atoms with van der Waals surface area (Å²) >= 11 is 5.98. The van der Waals surface area contributed by atoms with E-state index in [4.69, 9.17) is 31.6 Å². The van der Waals surface area contributed by atoms with Crippen molar-refractivity contribution in [1.29, 1.82) is 15.8 Å². The third-order valence-corrected chi connectivity index (χ3v) is 3.42. The smallest absolute Gasteiger partial charge is 0.347 e. The number of hydrogen-bond acceptors (Lipinski definition) is 9. The Morgan fingerprint density at radius 1 is 1.03 bits per heavy atom. The molecule has 2 N–H and O–H groups in total. The standard InChI is InChI=1S/C19H16ClN5O4/c1-3-28-18(26)14(19(27)29-4-2)11-24-15-6-5-13(20)7-16(15)25-17(10-23)12(8-21)9-22/h5-7,11,24-25H,3-4H2,1-2H3. The van der Waals surface area contributed by atoms with Crippen LogP contribution in [-0.4, -0.2) is 25.2 Å². The maximum atomic E-state index is 12.0. The molecule has 0 fully saturated rings. The quantitative estimate of drug-likeness (QED) is 0.215. The van der Waals surface area contributed by atoms with E-state index >= 15 is 0 Å². The van der Waals surface area contributed by atoms with Crippen LogP contribution in [0.3, 0.4) is 0 Å². The van der Waals surface area contributed by atoms with Crippen molar-refractivity contribution in [2.24, 2.45) is 0 Å². The highest BCUT2D eigenvalue weighted by Crippen LogP contribution is 2.28. The highest BCUT2D eigenvalue weighted by molar-refractivity contribution is 6.31. The highest BCUT2D eigenvalue weighted by atomic mass is 35.5. The van der Waals surface area contributed by atoms with Crippen molar-refractivity contribution >= 4 is 34.9 Å². The summed E-state index contributed by atoms with van der Waals surface area (Å²) in [6, 6.07) is 9.39. The number of halogens is 1. The summed E-state index contributed by atoms with van der Waals surface area (Å²) in [5.41, 5.74) is -0.572. The average molecular weight is 414 g/mol. The Labute approximate surface area is 172 Å². The number of allylic oxidation sites excluding steroid dienone is 2. The number of hydrogen-bond donors (Lipinski definition) is 2. The van der Waals surface area contributed by atoms with Crippen molar-refractivity contribution in [3.63, 3.8) is 0 Å². The summed E-state index contributed by atoms with van der Waals surface area (Å²) < 4.78 is 9.69. The molecule has 0 heterocycles. The number of benzene rings is 1. The molecule has 1 aromatic rings. The first kappa shape index (κ1) is 23.0. The van der Waals surface area contributed by atoms with Gasteiger partial charge in [-0.25, -0.2) is 9.59 Å². The predicted octanol–water partition coefficient (Wildman–Crippen LogP) is 3.00. The normalized spacial score (nSPS) is 8.97. The molecule has 148 valence electrons. The Balaban J connectivity index is 3.33. The van der Waals surface area contributed by atoms with Crippen LogP contribution in [0.2, 0.25) is 5.02 Å².